The average molecular weight is 251 g/mol. The predicted molar refractivity (Wildman–Crippen MR) is 70.2 cm³/mol. The van der Waals surface area contributed by atoms with Crippen LogP contribution in [0.4, 0.5) is 5.69 Å². The Kier molecular flexibility index (Phi) is 3.61. The molecule has 1 saturated carbocycles. The molecule has 18 heavy (non-hydrogen) atoms. The SMILES string of the molecule is CCn1cc(N)cc1C(=O)N(C)CC1CC(O)C1. The lowest BCUT2D eigenvalue weighted by molar-refractivity contribution is 0.0263. The Bertz CT molecular complexity index is 435. The molecule has 1 aliphatic rings. The largest absolute Gasteiger partial charge is 0.397 e. The van der Waals surface area contributed by atoms with Crippen LogP contribution in [0.3, 0.4) is 0 Å². The molecular weight excluding hydrogens is 230 g/mol. The van der Waals surface area contributed by atoms with E-state index in [2.05, 4.69) is 0 Å². The van der Waals surface area contributed by atoms with Crippen molar-refractivity contribution in [2.24, 2.45) is 5.92 Å². The summed E-state index contributed by atoms with van der Waals surface area (Å²) in [6, 6.07) is 1.72. The molecule has 1 fully saturated rings. The van der Waals surface area contributed by atoms with Gasteiger partial charge in [0.2, 0.25) is 0 Å². The third-order valence-electron chi connectivity index (χ3n) is 3.57. The number of carbonyl (C=O) groups excluding carboxylic acids is 1. The third-order valence-corrected chi connectivity index (χ3v) is 3.57. The van der Waals surface area contributed by atoms with Gasteiger partial charge in [0.1, 0.15) is 5.69 Å². The van der Waals surface area contributed by atoms with Gasteiger partial charge in [0.25, 0.3) is 5.91 Å². The van der Waals surface area contributed by atoms with Crippen LogP contribution < -0.4 is 5.73 Å². The number of aliphatic hydroxyl groups is 1. The zero-order chi connectivity index (χ0) is 13.3. The van der Waals surface area contributed by atoms with Gasteiger partial charge >= 0.3 is 0 Å². The molecule has 0 aliphatic heterocycles. The van der Waals surface area contributed by atoms with E-state index in [-0.39, 0.29) is 12.0 Å². The normalized spacial score (nSPS) is 22.6. The molecule has 3 N–H and O–H groups in total. The molecule has 1 aliphatic carbocycles. The minimum absolute atomic E-state index is 0.00469. The minimum Gasteiger partial charge on any atom is -0.397 e. The Morgan fingerprint density at radius 1 is 1.61 bits per heavy atom. The lowest BCUT2D eigenvalue weighted by Gasteiger charge is -2.34. The van der Waals surface area contributed by atoms with Gasteiger partial charge in [-0.25, -0.2) is 0 Å². The van der Waals surface area contributed by atoms with Gasteiger partial charge in [0.05, 0.1) is 11.8 Å². The molecule has 0 saturated heterocycles. The van der Waals surface area contributed by atoms with E-state index in [0.717, 1.165) is 19.4 Å². The molecule has 1 aromatic rings. The van der Waals surface area contributed by atoms with E-state index in [1.807, 2.05) is 11.5 Å². The van der Waals surface area contributed by atoms with Crippen molar-refractivity contribution in [3.8, 4) is 0 Å². The maximum atomic E-state index is 12.3. The van der Waals surface area contributed by atoms with Crippen molar-refractivity contribution in [3.63, 3.8) is 0 Å². The third kappa shape index (κ3) is 2.51. The van der Waals surface area contributed by atoms with Crippen LogP contribution in [-0.2, 0) is 6.54 Å². The molecule has 0 bridgehead atoms. The molecule has 0 aromatic carbocycles. The van der Waals surface area contributed by atoms with E-state index >= 15 is 0 Å². The molecular formula is C13H21N3O2. The summed E-state index contributed by atoms with van der Waals surface area (Å²) < 4.78 is 1.86. The molecule has 0 radical (unpaired) electrons. The number of aromatic nitrogens is 1. The first-order valence-electron chi connectivity index (χ1n) is 6.40. The molecule has 5 heteroatoms. The number of hydrogen-bond acceptors (Lipinski definition) is 3. The van der Waals surface area contributed by atoms with Gasteiger partial charge in [0.15, 0.2) is 0 Å². The smallest absolute Gasteiger partial charge is 0.270 e. The summed E-state index contributed by atoms with van der Waals surface area (Å²) in [6.07, 6.45) is 3.21. The second-order valence-corrected chi connectivity index (χ2v) is 5.12. The highest BCUT2D eigenvalue weighted by Gasteiger charge is 2.29. The van der Waals surface area contributed by atoms with Crippen LogP contribution in [0.1, 0.15) is 30.3 Å². The number of rotatable bonds is 4. The Labute approximate surface area is 107 Å². The van der Waals surface area contributed by atoms with Crippen molar-refractivity contribution in [3.05, 3.63) is 18.0 Å². The molecule has 5 nitrogen and oxygen atoms in total. The van der Waals surface area contributed by atoms with Crippen LogP contribution in [0.25, 0.3) is 0 Å². The number of aryl methyl sites for hydroxylation is 1. The number of nitrogens with two attached hydrogens (primary N) is 1. The zero-order valence-corrected chi connectivity index (χ0v) is 11.0. The summed E-state index contributed by atoms with van der Waals surface area (Å²) in [4.78, 5) is 14.0. The van der Waals surface area contributed by atoms with Crippen LogP contribution >= 0.6 is 0 Å². The first-order valence-corrected chi connectivity index (χ1v) is 6.40. The number of nitrogen functional groups attached to an aromatic ring is 1. The summed E-state index contributed by atoms with van der Waals surface area (Å²) in [5.41, 5.74) is 6.98. The Balaban J connectivity index is 2.01. The molecule has 1 heterocycles. The number of nitrogens with zero attached hydrogens (tertiary/aromatic N) is 2. The molecule has 1 aromatic heterocycles. The minimum atomic E-state index is -0.173. The lowest BCUT2D eigenvalue weighted by Crippen LogP contribution is -2.40. The standard InChI is InChI=1S/C13H21N3O2/c1-3-16-8-10(14)6-12(16)13(18)15(2)7-9-4-11(17)5-9/h6,8-9,11,17H,3-5,7,14H2,1-2H3. The van der Waals surface area contributed by atoms with E-state index in [1.54, 1.807) is 24.2 Å². The fourth-order valence-corrected chi connectivity index (χ4v) is 2.49. The van der Waals surface area contributed by atoms with Crippen LogP contribution in [0.2, 0.25) is 0 Å². The highest BCUT2D eigenvalue weighted by molar-refractivity contribution is 5.93. The second kappa shape index (κ2) is 5.02. The number of carbonyl (C=O) groups is 1. The summed E-state index contributed by atoms with van der Waals surface area (Å²) in [6.45, 7) is 3.41. The van der Waals surface area contributed by atoms with Gasteiger partial charge in [-0.15, -0.1) is 0 Å². The summed E-state index contributed by atoms with van der Waals surface area (Å²) in [7, 11) is 1.80. The Morgan fingerprint density at radius 2 is 2.28 bits per heavy atom. The fourth-order valence-electron chi connectivity index (χ4n) is 2.49. The van der Waals surface area contributed by atoms with Gasteiger partial charge in [-0.3, -0.25) is 4.79 Å². The van der Waals surface area contributed by atoms with Gasteiger partial charge in [-0.05, 0) is 31.7 Å². The molecule has 2 rings (SSSR count). The van der Waals surface area contributed by atoms with Crippen molar-refractivity contribution >= 4 is 11.6 Å². The monoisotopic (exact) mass is 251 g/mol. The summed E-state index contributed by atoms with van der Waals surface area (Å²) in [5, 5.41) is 9.25. The molecule has 1 amide bonds. The first-order chi connectivity index (χ1) is 8.51. The van der Waals surface area contributed by atoms with Gasteiger partial charge in [0, 0.05) is 26.3 Å². The van der Waals surface area contributed by atoms with Crippen LogP contribution in [0.15, 0.2) is 12.3 Å². The molecule has 0 atom stereocenters. The molecule has 100 valence electrons. The summed E-state index contributed by atoms with van der Waals surface area (Å²) >= 11 is 0. The number of aliphatic hydroxyl groups excluding tert-OH is 1. The van der Waals surface area contributed by atoms with Crippen LogP contribution in [0, 0.1) is 5.92 Å². The average Bonchev–Trinajstić information content (AvgIpc) is 2.67. The highest BCUT2D eigenvalue weighted by atomic mass is 16.3. The van der Waals surface area contributed by atoms with E-state index in [4.69, 9.17) is 5.73 Å². The Morgan fingerprint density at radius 3 is 2.83 bits per heavy atom. The Hall–Kier alpha value is -1.49. The van der Waals surface area contributed by atoms with Crippen molar-refractivity contribution < 1.29 is 9.90 Å². The number of amides is 1. The number of hydrogen-bond donors (Lipinski definition) is 2. The zero-order valence-electron chi connectivity index (χ0n) is 11.0. The van der Waals surface area contributed by atoms with Crippen molar-refractivity contribution in [2.75, 3.05) is 19.3 Å². The van der Waals surface area contributed by atoms with Crippen LogP contribution in [-0.4, -0.2) is 40.2 Å². The maximum Gasteiger partial charge on any atom is 0.270 e. The van der Waals surface area contributed by atoms with Gasteiger partial charge in [-0.1, -0.05) is 0 Å². The van der Waals surface area contributed by atoms with E-state index in [1.165, 1.54) is 0 Å². The van der Waals surface area contributed by atoms with Crippen molar-refractivity contribution in [2.45, 2.75) is 32.4 Å². The fraction of sp³-hybridized carbons (Fsp3) is 0.615. The van der Waals surface area contributed by atoms with Gasteiger partial charge < -0.3 is 20.3 Å². The molecule has 0 spiro atoms. The van der Waals surface area contributed by atoms with E-state index < -0.39 is 0 Å². The quantitative estimate of drug-likeness (QED) is 0.836. The van der Waals surface area contributed by atoms with Crippen molar-refractivity contribution in [1.29, 1.82) is 0 Å². The van der Waals surface area contributed by atoms with E-state index in [0.29, 0.717) is 23.8 Å². The highest BCUT2D eigenvalue weighted by Crippen LogP contribution is 2.28. The topological polar surface area (TPSA) is 71.5 Å². The second-order valence-electron chi connectivity index (χ2n) is 5.12. The van der Waals surface area contributed by atoms with Gasteiger partial charge in [-0.2, -0.15) is 0 Å². The molecule has 0 unspecified atom stereocenters. The first kappa shape index (κ1) is 13.0. The number of anilines is 1. The van der Waals surface area contributed by atoms with Crippen LogP contribution in [0.5, 0.6) is 0 Å². The summed E-state index contributed by atoms with van der Waals surface area (Å²) in [5.74, 6) is 0.422. The van der Waals surface area contributed by atoms with Crippen molar-refractivity contribution in [1.82, 2.24) is 9.47 Å². The predicted octanol–water partition coefficient (Wildman–Crippen LogP) is 0.933. The lowest BCUT2D eigenvalue weighted by atomic mass is 9.82. The maximum absolute atomic E-state index is 12.3. The van der Waals surface area contributed by atoms with E-state index in [9.17, 15) is 9.90 Å².